The minimum Gasteiger partial charge on any atom is -0.355 e. The highest BCUT2D eigenvalue weighted by molar-refractivity contribution is 6.30. The summed E-state index contributed by atoms with van der Waals surface area (Å²) in [6.45, 7) is 1.33. The Morgan fingerprint density at radius 3 is 2.50 bits per heavy atom. The van der Waals surface area contributed by atoms with Gasteiger partial charge in [0, 0.05) is 29.7 Å². The Bertz CT molecular complexity index is 472. The van der Waals surface area contributed by atoms with E-state index < -0.39 is 0 Å². The van der Waals surface area contributed by atoms with Crippen LogP contribution in [-0.4, -0.2) is 31.4 Å². The van der Waals surface area contributed by atoms with Gasteiger partial charge in [0.05, 0.1) is 6.54 Å². The van der Waals surface area contributed by atoms with Crippen molar-refractivity contribution in [3.63, 3.8) is 0 Å². The largest absolute Gasteiger partial charge is 0.355 e. The second kappa shape index (κ2) is 7.26. The lowest BCUT2D eigenvalue weighted by Gasteiger charge is -2.07. The van der Waals surface area contributed by atoms with Gasteiger partial charge in [-0.2, -0.15) is 0 Å². The summed E-state index contributed by atoms with van der Waals surface area (Å²) in [5, 5.41) is 9.19. The second-order valence-electron chi connectivity index (χ2n) is 4.80. The molecule has 5 nitrogen and oxygen atoms in total. The van der Waals surface area contributed by atoms with Crippen molar-refractivity contribution in [2.24, 2.45) is 5.92 Å². The molecule has 1 aliphatic rings. The first-order valence-corrected chi connectivity index (χ1v) is 7.07. The summed E-state index contributed by atoms with van der Waals surface area (Å²) in [7, 11) is 0. The van der Waals surface area contributed by atoms with E-state index in [4.69, 9.17) is 11.6 Å². The number of hydrogen-bond acceptors (Lipinski definition) is 3. The van der Waals surface area contributed by atoms with Crippen LogP contribution < -0.4 is 16.0 Å². The van der Waals surface area contributed by atoms with Gasteiger partial charge >= 0.3 is 0 Å². The molecule has 6 heteroatoms. The Balaban J connectivity index is 1.55. The molecule has 3 N–H and O–H groups in total. The molecule has 2 rings (SSSR count). The third-order valence-corrected chi connectivity index (χ3v) is 3.21. The van der Waals surface area contributed by atoms with Crippen molar-refractivity contribution >= 4 is 29.1 Å². The third kappa shape index (κ3) is 5.19. The zero-order valence-corrected chi connectivity index (χ0v) is 11.9. The standard InChI is InChI=1S/C14H18ClN3O2/c15-11-3-5-12(6-4-11)18-13(19)9-16-7-8-17-14(20)10-1-2-10/h3-6,10,16H,1-2,7-9H2,(H,17,20)(H,18,19). The van der Waals surface area contributed by atoms with Crippen LogP contribution in [0.4, 0.5) is 5.69 Å². The molecule has 1 aromatic carbocycles. The molecule has 2 amide bonds. The van der Waals surface area contributed by atoms with E-state index in [-0.39, 0.29) is 24.3 Å². The normalized spacial score (nSPS) is 13.8. The number of hydrogen-bond donors (Lipinski definition) is 3. The molecule has 1 aliphatic carbocycles. The fourth-order valence-electron chi connectivity index (χ4n) is 1.70. The summed E-state index contributed by atoms with van der Waals surface area (Å²) in [4.78, 5) is 23.0. The monoisotopic (exact) mass is 295 g/mol. The molecule has 108 valence electrons. The van der Waals surface area contributed by atoms with Crippen molar-refractivity contribution in [3.05, 3.63) is 29.3 Å². The number of carbonyl (C=O) groups excluding carboxylic acids is 2. The lowest BCUT2D eigenvalue weighted by atomic mass is 10.3. The van der Waals surface area contributed by atoms with Gasteiger partial charge in [-0.05, 0) is 37.1 Å². The molecule has 0 aromatic heterocycles. The summed E-state index contributed by atoms with van der Waals surface area (Å²) in [5.74, 6) is 0.224. The first-order valence-electron chi connectivity index (χ1n) is 6.69. The summed E-state index contributed by atoms with van der Waals surface area (Å²) in [5.41, 5.74) is 0.711. The maximum Gasteiger partial charge on any atom is 0.238 e. The number of anilines is 1. The van der Waals surface area contributed by atoms with E-state index in [1.54, 1.807) is 24.3 Å². The summed E-state index contributed by atoms with van der Waals surface area (Å²) in [6.07, 6.45) is 2.01. The summed E-state index contributed by atoms with van der Waals surface area (Å²) in [6, 6.07) is 6.93. The van der Waals surface area contributed by atoms with Crippen LogP contribution in [0.25, 0.3) is 0 Å². The highest BCUT2D eigenvalue weighted by Crippen LogP contribution is 2.28. The maximum atomic E-state index is 11.6. The van der Waals surface area contributed by atoms with Gasteiger partial charge in [0.25, 0.3) is 0 Å². The Hall–Kier alpha value is -1.59. The number of carbonyl (C=O) groups is 2. The SMILES string of the molecule is O=C(CNCCNC(=O)C1CC1)Nc1ccc(Cl)cc1. The third-order valence-electron chi connectivity index (χ3n) is 2.96. The molecule has 0 bridgehead atoms. The topological polar surface area (TPSA) is 70.2 Å². The van der Waals surface area contributed by atoms with Gasteiger partial charge in [0.15, 0.2) is 0 Å². The zero-order valence-electron chi connectivity index (χ0n) is 11.1. The van der Waals surface area contributed by atoms with Crippen LogP contribution in [0, 0.1) is 5.92 Å². The van der Waals surface area contributed by atoms with Crippen molar-refractivity contribution < 1.29 is 9.59 Å². The molecular weight excluding hydrogens is 278 g/mol. The van der Waals surface area contributed by atoms with Gasteiger partial charge in [-0.15, -0.1) is 0 Å². The van der Waals surface area contributed by atoms with Gasteiger partial charge in [0.2, 0.25) is 11.8 Å². The molecule has 0 aliphatic heterocycles. The Morgan fingerprint density at radius 1 is 1.15 bits per heavy atom. The molecule has 0 heterocycles. The van der Waals surface area contributed by atoms with Crippen molar-refractivity contribution in [3.8, 4) is 0 Å². The maximum absolute atomic E-state index is 11.6. The van der Waals surface area contributed by atoms with Gasteiger partial charge in [-0.25, -0.2) is 0 Å². The number of amides is 2. The molecule has 0 spiro atoms. The number of halogens is 1. The Kier molecular flexibility index (Phi) is 5.38. The van der Waals surface area contributed by atoms with Gasteiger partial charge in [-0.1, -0.05) is 11.6 Å². The average Bonchev–Trinajstić information content (AvgIpc) is 3.25. The van der Waals surface area contributed by atoms with E-state index in [0.717, 1.165) is 12.8 Å². The Morgan fingerprint density at radius 2 is 1.85 bits per heavy atom. The van der Waals surface area contributed by atoms with Crippen molar-refractivity contribution in [2.45, 2.75) is 12.8 Å². The van der Waals surface area contributed by atoms with Crippen LogP contribution in [0.2, 0.25) is 5.02 Å². The lowest BCUT2D eigenvalue weighted by Crippen LogP contribution is -2.36. The minimum absolute atomic E-state index is 0.123. The number of benzene rings is 1. The quantitative estimate of drug-likeness (QED) is 0.666. The number of nitrogens with one attached hydrogen (secondary N) is 3. The van der Waals surface area contributed by atoms with E-state index in [2.05, 4.69) is 16.0 Å². The molecule has 1 saturated carbocycles. The van der Waals surface area contributed by atoms with Crippen molar-refractivity contribution in [1.29, 1.82) is 0 Å². The first kappa shape index (κ1) is 14.8. The van der Waals surface area contributed by atoms with E-state index in [1.807, 2.05) is 0 Å². The van der Waals surface area contributed by atoms with Crippen molar-refractivity contribution in [1.82, 2.24) is 10.6 Å². The lowest BCUT2D eigenvalue weighted by molar-refractivity contribution is -0.122. The smallest absolute Gasteiger partial charge is 0.238 e. The molecule has 0 saturated heterocycles. The fourth-order valence-corrected chi connectivity index (χ4v) is 1.83. The zero-order chi connectivity index (χ0) is 14.4. The predicted molar refractivity (Wildman–Crippen MR) is 78.7 cm³/mol. The van der Waals surface area contributed by atoms with Gasteiger partial charge in [0.1, 0.15) is 0 Å². The van der Waals surface area contributed by atoms with Gasteiger partial charge < -0.3 is 16.0 Å². The first-order chi connectivity index (χ1) is 9.65. The fraction of sp³-hybridized carbons (Fsp3) is 0.429. The van der Waals surface area contributed by atoms with Crippen LogP contribution in [-0.2, 0) is 9.59 Å². The highest BCUT2D eigenvalue weighted by Gasteiger charge is 2.28. The predicted octanol–water partition coefficient (Wildman–Crippen LogP) is 1.39. The second-order valence-corrected chi connectivity index (χ2v) is 5.23. The Labute approximate surface area is 123 Å². The molecule has 0 atom stereocenters. The molecule has 0 radical (unpaired) electrons. The molecule has 0 unspecified atom stereocenters. The van der Waals surface area contributed by atoms with Crippen LogP contribution in [0.1, 0.15) is 12.8 Å². The minimum atomic E-state index is -0.124. The van der Waals surface area contributed by atoms with E-state index in [0.29, 0.717) is 23.8 Å². The van der Waals surface area contributed by atoms with E-state index in [1.165, 1.54) is 0 Å². The van der Waals surface area contributed by atoms with Crippen molar-refractivity contribution in [2.75, 3.05) is 25.0 Å². The van der Waals surface area contributed by atoms with Gasteiger partial charge in [-0.3, -0.25) is 9.59 Å². The average molecular weight is 296 g/mol. The molecule has 1 fully saturated rings. The van der Waals surface area contributed by atoms with E-state index >= 15 is 0 Å². The highest BCUT2D eigenvalue weighted by atomic mass is 35.5. The number of rotatable bonds is 7. The van der Waals surface area contributed by atoms with E-state index in [9.17, 15) is 9.59 Å². The molecule has 20 heavy (non-hydrogen) atoms. The summed E-state index contributed by atoms with van der Waals surface area (Å²) >= 11 is 5.76. The molecule has 1 aromatic rings. The summed E-state index contributed by atoms with van der Waals surface area (Å²) < 4.78 is 0. The molecular formula is C14H18ClN3O2. The van der Waals surface area contributed by atoms with Crippen LogP contribution in [0.5, 0.6) is 0 Å². The van der Waals surface area contributed by atoms with Crippen LogP contribution in [0.3, 0.4) is 0 Å². The van der Waals surface area contributed by atoms with Crippen LogP contribution in [0.15, 0.2) is 24.3 Å². The van der Waals surface area contributed by atoms with Crippen LogP contribution >= 0.6 is 11.6 Å².